The maximum atomic E-state index is 9.40. The lowest BCUT2D eigenvalue weighted by atomic mass is 9.81. The maximum Gasteiger partial charge on any atom is 0.107 e. The van der Waals surface area contributed by atoms with E-state index in [-0.39, 0.29) is 0 Å². The van der Waals surface area contributed by atoms with Gasteiger partial charge in [-0.3, -0.25) is 9.88 Å². The van der Waals surface area contributed by atoms with E-state index >= 15 is 0 Å². The number of fused-ring (bicyclic) bond motifs is 2. The Hall–Kier alpha value is -3.44. The number of hydrogen-bond acceptors (Lipinski definition) is 6. The molecule has 0 atom stereocenters. The molecule has 0 bridgehead atoms. The van der Waals surface area contributed by atoms with E-state index in [1.807, 2.05) is 18.3 Å². The third kappa shape index (κ3) is 4.76. The van der Waals surface area contributed by atoms with E-state index in [4.69, 9.17) is 14.8 Å². The highest BCUT2D eigenvalue weighted by molar-refractivity contribution is 5.91. The van der Waals surface area contributed by atoms with E-state index in [0.717, 1.165) is 48.2 Å². The number of rotatable bonds is 6. The Morgan fingerprint density at radius 3 is 2.61 bits per heavy atom. The second-order valence-electron chi connectivity index (χ2n) is 10.7. The molecule has 2 aromatic heterocycles. The Labute approximate surface area is 224 Å². The highest BCUT2D eigenvalue weighted by Crippen LogP contribution is 2.39. The molecule has 2 aromatic carbocycles. The van der Waals surface area contributed by atoms with Crippen molar-refractivity contribution in [1.29, 1.82) is 5.26 Å². The van der Waals surface area contributed by atoms with Gasteiger partial charge in [-0.2, -0.15) is 5.26 Å². The van der Waals surface area contributed by atoms with Crippen LogP contribution in [0, 0.1) is 11.3 Å². The third-order valence-electron chi connectivity index (χ3n) is 8.55. The van der Waals surface area contributed by atoms with Crippen LogP contribution in [0.5, 0.6) is 0 Å². The minimum atomic E-state index is 0.423. The first-order chi connectivity index (χ1) is 18.6. The molecule has 1 aliphatic carbocycles. The summed E-state index contributed by atoms with van der Waals surface area (Å²) in [6.07, 6.45) is 9.04. The fraction of sp³-hybridized carbons (Fsp3) is 0.419. The summed E-state index contributed by atoms with van der Waals surface area (Å²) in [5, 5.41) is 11.8. The van der Waals surface area contributed by atoms with Crippen LogP contribution >= 0.6 is 0 Å². The van der Waals surface area contributed by atoms with E-state index in [1.165, 1.54) is 47.8 Å². The third-order valence-corrected chi connectivity index (χ3v) is 8.55. The highest BCUT2D eigenvalue weighted by Gasteiger charge is 2.30. The average Bonchev–Trinajstić information content (AvgIpc) is 3.31. The lowest BCUT2D eigenvalue weighted by molar-refractivity contribution is -0.282. The number of aromatic nitrogens is 2. The van der Waals surface area contributed by atoms with Crippen LogP contribution in [0.2, 0.25) is 0 Å². The van der Waals surface area contributed by atoms with Crippen LogP contribution in [-0.2, 0) is 23.4 Å². The lowest BCUT2D eigenvalue weighted by Gasteiger charge is -2.43. The summed E-state index contributed by atoms with van der Waals surface area (Å²) in [5.41, 5.74) is 6.72. The molecule has 1 aliphatic heterocycles. The molecular weight excluding hydrogens is 474 g/mol. The first-order valence-corrected chi connectivity index (χ1v) is 13.7. The van der Waals surface area contributed by atoms with Gasteiger partial charge in [0.15, 0.2) is 0 Å². The molecule has 0 unspecified atom stereocenters. The molecule has 7 nitrogen and oxygen atoms in total. The highest BCUT2D eigenvalue weighted by atomic mass is 17.2. The predicted octanol–water partition coefficient (Wildman–Crippen LogP) is 5.52. The summed E-state index contributed by atoms with van der Waals surface area (Å²) in [6.45, 7) is 4.57. The van der Waals surface area contributed by atoms with Gasteiger partial charge in [-0.1, -0.05) is 6.07 Å². The van der Waals surface area contributed by atoms with Crippen molar-refractivity contribution in [1.82, 2.24) is 14.5 Å². The summed E-state index contributed by atoms with van der Waals surface area (Å²) in [4.78, 5) is 20.0. The van der Waals surface area contributed by atoms with Gasteiger partial charge in [-0.05, 0) is 79.1 Å². The molecule has 3 heterocycles. The molecule has 7 heteroatoms. The Kier molecular flexibility index (Phi) is 7.03. The number of piperazine rings is 1. The number of pyridine rings is 1. The van der Waals surface area contributed by atoms with Crippen molar-refractivity contribution in [2.24, 2.45) is 7.05 Å². The molecule has 2 aliphatic rings. The number of hydrogen-bond donors (Lipinski definition) is 0. The van der Waals surface area contributed by atoms with Gasteiger partial charge in [0.25, 0.3) is 0 Å². The standard InChI is InChI=1S/C31H35N5O2/c1-34-20-28(27-17-22(19-32)5-10-29(27)34)24-6-8-26(9-7-24)35-12-14-36(15-13-35)30-18-23(21-38-37-2)16-25-4-3-11-33-31(25)30/h3-5,10-11,16-18,20,24,26H,6-9,12-15,21H2,1-2H3. The van der Waals surface area contributed by atoms with Crippen LogP contribution in [0.3, 0.4) is 0 Å². The van der Waals surface area contributed by atoms with Crippen molar-refractivity contribution in [3.8, 4) is 6.07 Å². The van der Waals surface area contributed by atoms with Crippen molar-refractivity contribution < 1.29 is 9.78 Å². The second kappa shape index (κ2) is 10.7. The Balaban J connectivity index is 1.11. The predicted molar refractivity (Wildman–Crippen MR) is 150 cm³/mol. The van der Waals surface area contributed by atoms with Gasteiger partial charge in [0.1, 0.15) is 6.61 Å². The van der Waals surface area contributed by atoms with E-state index in [9.17, 15) is 5.26 Å². The zero-order valence-corrected chi connectivity index (χ0v) is 22.3. The summed E-state index contributed by atoms with van der Waals surface area (Å²) in [7, 11) is 3.66. The van der Waals surface area contributed by atoms with Gasteiger partial charge in [-0.25, -0.2) is 9.78 Å². The molecule has 6 rings (SSSR count). The second-order valence-corrected chi connectivity index (χ2v) is 10.7. The van der Waals surface area contributed by atoms with Crippen molar-refractivity contribution in [2.75, 3.05) is 38.2 Å². The number of aryl methyl sites for hydroxylation is 1. The van der Waals surface area contributed by atoms with Crippen LogP contribution in [-0.4, -0.2) is 53.8 Å². The Morgan fingerprint density at radius 1 is 1.03 bits per heavy atom. The SMILES string of the molecule is COOCc1cc(N2CCN(C3CCC(c4cn(C)c5ccc(C#N)cc45)CC3)CC2)c2ncccc2c1. The molecule has 38 heavy (non-hydrogen) atoms. The molecule has 2 fully saturated rings. The summed E-state index contributed by atoms with van der Waals surface area (Å²) >= 11 is 0. The Bertz CT molecular complexity index is 1470. The fourth-order valence-corrected chi connectivity index (χ4v) is 6.58. The maximum absolute atomic E-state index is 9.40. The van der Waals surface area contributed by atoms with Crippen LogP contribution in [0.15, 0.2) is 54.9 Å². The van der Waals surface area contributed by atoms with E-state index in [0.29, 0.717) is 18.6 Å². The monoisotopic (exact) mass is 509 g/mol. The van der Waals surface area contributed by atoms with Crippen molar-refractivity contribution in [3.05, 3.63) is 71.5 Å². The molecular formula is C31H35N5O2. The lowest BCUT2D eigenvalue weighted by Crippen LogP contribution is -2.51. The van der Waals surface area contributed by atoms with E-state index < -0.39 is 0 Å². The summed E-state index contributed by atoms with van der Waals surface area (Å²) < 4.78 is 2.21. The molecule has 0 spiro atoms. The van der Waals surface area contributed by atoms with E-state index in [2.05, 4.69) is 64.0 Å². The van der Waals surface area contributed by atoms with Gasteiger partial charge in [0.2, 0.25) is 0 Å². The van der Waals surface area contributed by atoms with Crippen LogP contribution in [0.4, 0.5) is 5.69 Å². The molecule has 4 aromatic rings. The number of nitriles is 1. The van der Waals surface area contributed by atoms with Gasteiger partial charge in [0.05, 0.1) is 29.9 Å². The number of nitrogens with zero attached hydrogens (tertiary/aromatic N) is 5. The first kappa shape index (κ1) is 24.9. The van der Waals surface area contributed by atoms with Crippen molar-refractivity contribution in [3.63, 3.8) is 0 Å². The molecule has 1 saturated heterocycles. The van der Waals surface area contributed by atoms with Crippen LogP contribution < -0.4 is 4.90 Å². The Morgan fingerprint density at radius 2 is 1.84 bits per heavy atom. The fourth-order valence-electron chi connectivity index (χ4n) is 6.58. The molecule has 0 radical (unpaired) electrons. The van der Waals surface area contributed by atoms with Crippen LogP contribution in [0.25, 0.3) is 21.8 Å². The van der Waals surface area contributed by atoms with E-state index in [1.54, 1.807) is 7.11 Å². The first-order valence-electron chi connectivity index (χ1n) is 13.7. The largest absolute Gasteiger partial charge is 0.367 e. The number of benzene rings is 2. The van der Waals surface area contributed by atoms with Crippen molar-refractivity contribution in [2.45, 2.75) is 44.2 Å². The molecule has 1 saturated carbocycles. The quantitative estimate of drug-likeness (QED) is 0.252. The topological polar surface area (TPSA) is 66.6 Å². The minimum absolute atomic E-state index is 0.423. The van der Waals surface area contributed by atoms with Gasteiger partial charge < -0.3 is 9.47 Å². The zero-order chi connectivity index (χ0) is 26.1. The average molecular weight is 510 g/mol. The smallest absolute Gasteiger partial charge is 0.107 e. The summed E-state index contributed by atoms with van der Waals surface area (Å²) in [6, 6.07) is 17.5. The molecule has 196 valence electrons. The van der Waals surface area contributed by atoms with Crippen molar-refractivity contribution >= 4 is 27.5 Å². The van der Waals surface area contributed by atoms with Crippen LogP contribution in [0.1, 0.15) is 48.3 Å². The number of anilines is 1. The molecule has 0 N–H and O–H groups in total. The zero-order valence-electron chi connectivity index (χ0n) is 22.3. The summed E-state index contributed by atoms with van der Waals surface area (Å²) in [5.74, 6) is 0.569. The van der Waals surface area contributed by atoms with Gasteiger partial charge in [0, 0.05) is 68.0 Å². The minimum Gasteiger partial charge on any atom is -0.367 e. The normalized spacial score (nSPS) is 20.7. The van der Waals surface area contributed by atoms with Gasteiger partial charge >= 0.3 is 0 Å². The van der Waals surface area contributed by atoms with Gasteiger partial charge in [-0.15, -0.1) is 0 Å². The molecule has 0 amide bonds.